The second-order valence-corrected chi connectivity index (χ2v) is 7.03. The van der Waals surface area contributed by atoms with Gasteiger partial charge in [0.2, 0.25) is 0 Å². The molecule has 0 bridgehead atoms. The molecule has 94 valence electrons. The topological polar surface area (TPSA) is 34.1 Å². The summed E-state index contributed by atoms with van der Waals surface area (Å²) in [6.45, 7) is 0. The fourth-order valence-corrected chi connectivity index (χ4v) is 4.77. The molecule has 0 unspecified atom stereocenters. The molecule has 2 aliphatic rings. The van der Waals surface area contributed by atoms with Gasteiger partial charge >= 0.3 is 0 Å². The van der Waals surface area contributed by atoms with E-state index in [1.54, 1.807) is 24.3 Å². The van der Waals surface area contributed by atoms with Crippen LogP contribution in [0.2, 0.25) is 0 Å². The van der Waals surface area contributed by atoms with Crippen LogP contribution in [0.15, 0.2) is 59.0 Å². The number of benzene rings is 1. The van der Waals surface area contributed by atoms with Gasteiger partial charge in [0.05, 0.1) is 10.1 Å². The highest BCUT2D eigenvalue weighted by Gasteiger charge is 2.36. The molecule has 2 atom stereocenters. The summed E-state index contributed by atoms with van der Waals surface area (Å²) >= 11 is 0. The second-order valence-electron chi connectivity index (χ2n) is 4.90. The second kappa shape index (κ2) is 4.39. The molecule has 0 aromatic heterocycles. The van der Waals surface area contributed by atoms with Gasteiger partial charge in [0, 0.05) is 0 Å². The molecule has 0 aliphatic heterocycles. The Morgan fingerprint density at radius 2 is 1.89 bits per heavy atom. The Hall–Kier alpha value is -1.35. The lowest BCUT2D eigenvalue weighted by Crippen LogP contribution is -2.27. The molecule has 2 aliphatic carbocycles. The van der Waals surface area contributed by atoms with E-state index in [4.69, 9.17) is 0 Å². The number of rotatable bonds is 2. The third kappa shape index (κ3) is 1.83. The predicted octanol–water partition coefficient (Wildman–Crippen LogP) is 3.13. The minimum Gasteiger partial charge on any atom is -0.223 e. The summed E-state index contributed by atoms with van der Waals surface area (Å²) in [5, 5.41) is -0.350. The van der Waals surface area contributed by atoms with Gasteiger partial charge in [-0.25, -0.2) is 8.42 Å². The summed E-state index contributed by atoms with van der Waals surface area (Å²) in [5.41, 5.74) is 1.11. The Morgan fingerprint density at radius 1 is 1.11 bits per heavy atom. The normalized spacial score (nSPS) is 26.8. The van der Waals surface area contributed by atoms with E-state index >= 15 is 0 Å². The summed E-state index contributed by atoms with van der Waals surface area (Å²) < 4.78 is 25.3. The van der Waals surface area contributed by atoms with Crippen LogP contribution in [0, 0.1) is 5.92 Å². The van der Waals surface area contributed by atoms with Crippen LogP contribution >= 0.6 is 0 Å². The van der Waals surface area contributed by atoms with Crippen LogP contribution in [0.4, 0.5) is 0 Å². The fraction of sp³-hybridized carbons (Fsp3) is 0.333. The molecule has 2 nitrogen and oxygen atoms in total. The molecule has 0 spiro atoms. The minimum absolute atomic E-state index is 0.349. The highest BCUT2D eigenvalue weighted by Crippen LogP contribution is 2.38. The molecule has 0 amide bonds. The molecule has 0 N–H and O–H groups in total. The average Bonchev–Trinajstić information content (AvgIpc) is 2.87. The fourth-order valence-electron chi connectivity index (χ4n) is 2.91. The first kappa shape index (κ1) is 11.7. The van der Waals surface area contributed by atoms with Gasteiger partial charge in [0.1, 0.15) is 0 Å². The standard InChI is InChI=1S/C15H16O2S/c16-18(17,13-8-2-1-3-9-13)15-11-5-7-12-6-4-10-14(12)15/h1-3,5,7-10,12,15H,4,6,11H2/t12-,15-/m0/s1. The maximum Gasteiger partial charge on any atom is 0.185 e. The van der Waals surface area contributed by atoms with Crippen molar-refractivity contribution in [3.8, 4) is 0 Å². The van der Waals surface area contributed by atoms with E-state index in [1.165, 1.54) is 0 Å². The van der Waals surface area contributed by atoms with E-state index in [1.807, 2.05) is 12.1 Å². The van der Waals surface area contributed by atoms with Gasteiger partial charge in [-0.3, -0.25) is 0 Å². The zero-order valence-electron chi connectivity index (χ0n) is 10.1. The molecule has 0 heterocycles. The number of fused-ring (bicyclic) bond motifs is 1. The van der Waals surface area contributed by atoms with Crippen LogP contribution in [0.5, 0.6) is 0 Å². The molecule has 3 rings (SSSR count). The van der Waals surface area contributed by atoms with Crippen LogP contribution in [-0.2, 0) is 9.84 Å². The summed E-state index contributed by atoms with van der Waals surface area (Å²) in [5.74, 6) is 0.349. The Morgan fingerprint density at radius 3 is 2.67 bits per heavy atom. The molecule has 0 saturated heterocycles. The largest absolute Gasteiger partial charge is 0.223 e. The van der Waals surface area contributed by atoms with Crippen molar-refractivity contribution >= 4 is 9.84 Å². The SMILES string of the molecule is O=S(=O)(c1ccccc1)[C@H]1CC=C[C@@H]2CCC=C21. The van der Waals surface area contributed by atoms with Gasteiger partial charge < -0.3 is 0 Å². The summed E-state index contributed by atoms with van der Waals surface area (Å²) in [6, 6.07) is 8.80. The monoisotopic (exact) mass is 260 g/mol. The lowest BCUT2D eigenvalue weighted by molar-refractivity contribution is 0.576. The molecule has 0 fully saturated rings. The first-order valence-electron chi connectivity index (χ1n) is 6.35. The maximum atomic E-state index is 12.7. The maximum absolute atomic E-state index is 12.7. The van der Waals surface area contributed by atoms with Crippen LogP contribution in [0.3, 0.4) is 0 Å². The highest BCUT2D eigenvalue weighted by atomic mass is 32.2. The minimum atomic E-state index is -3.24. The van der Waals surface area contributed by atoms with Crippen molar-refractivity contribution < 1.29 is 8.42 Å². The number of allylic oxidation sites excluding steroid dienone is 3. The Labute approximate surface area is 108 Å². The van der Waals surface area contributed by atoms with E-state index in [0.717, 1.165) is 18.4 Å². The van der Waals surface area contributed by atoms with Crippen molar-refractivity contribution in [2.75, 3.05) is 0 Å². The van der Waals surface area contributed by atoms with Crippen LogP contribution in [0.25, 0.3) is 0 Å². The number of hydrogen-bond acceptors (Lipinski definition) is 2. The van der Waals surface area contributed by atoms with Crippen molar-refractivity contribution in [3.05, 3.63) is 54.1 Å². The van der Waals surface area contributed by atoms with Crippen LogP contribution in [0.1, 0.15) is 19.3 Å². The van der Waals surface area contributed by atoms with Gasteiger partial charge in [-0.1, -0.05) is 36.4 Å². The summed E-state index contributed by atoms with van der Waals surface area (Å²) in [7, 11) is -3.24. The molecular weight excluding hydrogens is 244 g/mol. The molecule has 0 saturated carbocycles. The van der Waals surface area contributed by atoms with E-state index < -0.39 is 9.84 Å². The van der Waals surface area contributed by atoms with Crippen molar-refractivity contribution in [1.29, 1.82) is 0 Å². The third-order valence-electron chi connectivity index (χ3n) is 3.82. The van der Waals surface area contributed by atoms with E-state index in [9.17, 15) is 8.42 Å². The van der Waals surface area contributed by atoms with Crippen molar-refractivity contribution in [2.45, 2.75) is 29.4 Å². The van der Waals surface area contributed by atoms with Crippen LogP contribution in [-0.4, -0.2) is 13.7 Å². The van der Waals surface area contributed by atoms with E-state index in [-0.39, 0.29) is 5.25 Å². The van der Waals surface area contributed by atoms with Crippen LogP contribution < -0.4 is 0 Å². The molecule has 18 heavy (non-hydrogen) atoms. The smallest absolute Gasteiger partial charge is 0.185 e. The Kier molecular flexibility index (Phi) is 2.86. The predicted molar refractivity (Wildman–Crippen MR) is 72.0 cm³/mol. The van der Waals surface area contributed by atoms with E-state index in [0.29, 0.717) is 17.2 Å². The van der Waals surface area contributed by atoms with Crippen molar-refractivity contribution in [2.24, 2.45) is 5.92 Å². The molecular formula is C15H16O2S. The molecule has 3 heteroatoms. The van der Waals surface area contributed by atoms with Gasteiger partial charge in [0.15, 0.2) is 9.84 Å². The molecule has 1 aromatic rings. The number of sulfone groups is 1. The zero-order chi connectivity index (χ0) is 12.6. The van der Waals surface area contributed by atoms with Crippen molar-refractivity contribution in [3.63, 3.8) is 0 Å². The van der Waals surface area contributed by atoms with Gasteiger partial charge in [-0.05, 0) is 42.9 Å². The molecule has 0 radical (unpaired) electrons. The first-order valence-corrected chi connectivity index (χ1v) is 7.90. The van der Waals surface area contributed by atoms with E-state index in [2.05, 4.69) is 12.2 Å². The average molecular weight is 260 g/mol. The van der Waals surface area contributed by atoms with Gasteiger partial charge in [-0.15, -0.1) is 0 Å². The third-order valence-corrected chi connectivity index (χ3v) is 5.97. The zero-order valence-corrected chi connectivity index (χ0v) is 10.9. The molecule has 1 aromatic carbocycles. The summed E-state index contributed by atoms with van der Waals surface area (Å²) in [4.78, 5) is 0.442. The Bertz CT molecular complexity index is 597. The Balaban J connectivity index is 2.03. The van der Waals surface area contributed by atoms with Gasteiger partial charge in [-0.2, -0.15) is 0 Å². The lowest BCUT2D eigenvalue weighted by Gasteiger charge is -2.25. The van der Waals surface area contributed by atoms with Crippen molar-refractivity contribution in [1.82, 2.24) is 0 Å². The summed E-state index contributed by atoms with van der Waals surface area (Å²) in [6.07, 6.45) is 8.99. The first-order chi connectivity index (χ1) is 8.69. The quantitative estimate of drug-likeness (QED) is 0.766. The van der Waals surface area contributed by atoms with Gasteiger partial charge in [0.25, 0.3) is 0 Å². The number of hydrogen-bond donors (Lipinski definition) is 0. The highest BCUT2D eigenvalue weighted by molar-refractivity contribution is 7.92. The lowest BCUT2D eigenvalue weighted by atomic mass is 9.92.